The molecule has 5 nitrogen and oxygen atoms in total. The van der Waals surface area contributed by atoms with Crippen LogP contribution in [0.15, 0.2) is 24.3 Å². The van der Waals surface area contributed by atoms with Gasteiger partial charge in [0.2, 0.25) is 5.91 Å². The van der Waals surface area contributed by atoms with Crippen molar-refractivity contribution in [2.24, 2.45) is 11.7 Å². The van der Waals surface area contributed by atoms with Gasteiger partial charge in [0.25, 0.3) is 0 Å². The summed E-state index contributed by atoms with van der Waals surface area (Å²) in [7, 11) is 0. The van der Waals surface area contributed by atoms with Crippen LogP contribution in [-0.4, -0.2) is 31.3 Å². The van der Waals surface area contributed by atoms with E-state index in [9.17, 15) is 4.79 Å². The molecule has 0 radical (unpaired) electrons. The summed E-state index contributed by atoms with van der Waals surface area (Å²) in [6.07, 6.45) is 1.82. The minimum absolute atomic E-state index is 0.132. The SMILES string of the molecule is CC(C)Oc1ccc(NC(=O)C(N)C2CCOCC2)cc1. The highest BCUT2D eigenvalue weighted by molar-refractivity contribution is 5.94. The quantitative estimate of drug-likeness (QED) is 0.872. The lowest BCUT2D eigenvalue weighted by atomic mass is 9.92. The Balaban J connectivity index is 1.89. The van der Waals surface area contributed by atoms with E-state index >= 15 is 0 Å². The largest absolute Gasteiger partial charge is 0.491 e. The lowest BCUT2D eigenvalue weighted by Crippen LogP contribution is -2.43. The topological polar surface area (TPSA) is 73.6 Å². The standard InChI is InChI=1S/C16H24N2O3/c1-11(2)21-14-5-3-13(4-6-14)18-16(19)15(17)12-7-9-20-10-8-12/h3-6,11-12,15H,7-10,17H2,1-2H3,(H,18,19). The molecule has 1 aromatic carbocycles. The Morgan fingerprint density at radius 1 is 1.29 bits per heavy atom. The van der Waals surface area contributed by atoms with E-state index in [4.69, 9.17) is 15.2 Å². The molecule has 116 valence electrons. The Hall–Kier alpha value is -1.59. The van der Waals surface area contributed by atoms with Crippen molar-refractivity contribution in [3.05, 3.63) is 24.3 Å². The third-order valence-corrected chi connectivity index (χ3v) is 3.57. The number of nitrogens with one attached hydrogen (secondary N) is 1. The van der Waals surface area contributed by atoms with Gasteiger partial charge < -0.3 is 20.5 Å². The fourth-order valence-electron chi connectivity index (χ4n) is 2.40. The Bertz CT molecular complexity index is 453. The summed E-state index contributed by atoms with van der Waals surface area (Å²) in [5.41, 5.74) is 6.78. The third kappa shape index (κ3) is 4.72. The van der Waals surface area contributed by atoms with E-state index in [0.29, 0.717) is 13.2 Å². The highest BCUT2D eigenvalue weighted by atomic mass is 16.5. The normalized spacial score (nSPS) is 17.5. The van der Waals surface area contributed by atoms with E-state index in [2.05, 4.69) is 5.32 Å². The summed E-state index contributed by atoms with van der Waals surface area (Å²) in [4.78, 5) is 12.2. The van der Waals surface area contributed by atoms with Crippen molar-refractivity contribution < 1.29 is 14.3 Å². The molecule has 0 saturated carbocycles. The first kappa shape index (κ1) is 15.8. The van der Waals surface area contributed by atoms with Gasteiger partial charge in [-0.15, -0.1) is 0 Å². The van der Waals surface area contributed by atoms with Crippen LogP contribution in [0.1, 0.15) is 26.7 Å². The average molecular weight is 292 g/mol. The second-order valence-electron chi connectivity index (χ2n) is 5.66. The second-order valence-corrected chi connectivity index (χ2v) is 5.66. The fraction of sp³-hybridized carbons (Fsp3) is 0.562. The number of hydrogen-bond donors (Lipinski definition) is 2. The summed E-state index contributed by atoms with van der Waals surface area (Å²) in [5, 5.41) is 2.86. The van der Waals surface area contributed by atoms with Crippen LogP contribution in [0.3, 0.4) is 0 Å². The van der Waals surface area contributed by atoms with Gasteiger partial charge >= 0.3 is 0 Å². The number of rotatable bonds is 5. The molecule has 1 amide bonds. The minimum atomic E-state index is -0.486. The van der Waals surface area contributed by atoms with Crippen molar-refractivity contribution in [2.45, 2.75) is 38.8 Å². The summed E-state index contributed by atoms with van der Waals surface area (Å²) in [5.74, 6) is 0.846. The van der Waals surface area contributed by atoms with Gasteiger partial charge in [-0.3, -0.25) is 4.79 Å². The molecular formula is C16H24N2O3. The number of anilines is 1. The van der Waals surface area contributed by atoms with Gasteiger partial charge in [0.05, 0.1) is 12.1 Å². The summed E-state index contributed by atoms with van der Waals surface area (Å²) in [6.45, 7) is 5.32. The monoisotopic (exact) mass is 292 g/mol. The van der Waals surface area contributed by atoms with Crippen LogP contribution in [0, 0.1) is 5.92 Å². The Kier molecular flexibility index (Phi) is 5.59. The van der Waals surface area contributed by atoms with Crippen molar-refractivity contribution in [3.8, 4) is 5.75 Å². The molecule has 1 fully saturated rings. The molecule has 2 rings (SSSR count). The third-order valence-electron chi connectivity index (χ3n) is 3.57. The number of carbonyl (C=O) groups is 1. The van der Waals surface area contributed by atoms with Crippen LogP contribution in [-0.2, 0) is 9.53 Å². The Labute approximate surface area is 125 Å². The van der Waals surface area contributed by atoms with E-state index in [1.54, 1.807) is 0 Å². The van der Waals surface area contributed by atoms with Gasteiger partial charge in [0.15, 0.2) is 0 Å². The van der Waals surface area contributed by atoms with Crippen molar-refractivity contribution >= 4 is 11.6 Å². The predicted octanol–water partition coefficient (Wildman–Crippen LogP) is 2.17. The lowest BCUT2D eigenvalue weighted by Gasteiger charge is -2.26. The van der Waals surface area contributed by atoms with Crippen LogP contribution in [0.25, 0.3) is 0 Å². The zero-order valence-electron chi connectivity index (χ0n) is 12.7. The van der Waals surface area contributed by atoms with Gasteiger partial charge in [0.1, 0.15) is 5.75 Å². The van der Waals surface area contributed by atoms with Crippen molar-refractivity contribution in [2.75, 3.05) is 18.5 Å². The van der Waals surface area contributed by atoms with Crippen LogP contribution in [0.4, 0.5) is 5.69 Å². The molecule has 1 aliphatic heterocycles. The number of benzene rings is 1. The molecule has 1 aromatic rings. The summed E-state index contributed by atoms with van der Waals surface area (Å²) >= 11 is 0. The van der Waals surface area contributed by atoms with E-state index in [1.165, 1.54) is 0 Å². The fourth-order valence-corrected chi connectivity index (χ4v) is 2.40. The highest BCUT2D eigenvalue weighted by Gasteiger charge is 2.26. The molecule has 0 bridgehead atoms. The first-order valence-corrected chi connectivity index (χ1v) is 7.47. The Morgan fingerprint density at radius 3 is 2.48 bits per heavy atom. The number of carbonyl (C=O) groups excluding carboxylic acids is 1. The van der Waals surface area contributed by atoms with Crippen LogP contribution >= 0.6 is 0 Å². The van der Waals surface area contributed by atoms with Crippen LogP contribution < -0.4 is 15.8 Å². The van der Waals surface area contributed by atoms with Crippen LogP contribution in [0.2, 0.25) is 0 Å². The van der Waals surface area contributed by atoms with E-state index in [1.807, 2.05) is 38.1 Å². The molecule has 0 spiro atoms. The average Bonchev–Trinajstić information content (AvgIpc) is 2.49. The molecule has 1 aliphatic rings. The Morgan fingerprint density at radius 2 is 1.90 bits per heavy atom. The zero-order valence-corrected chi connectivity index (χ0v) is 12.7. The minimum Gasteiger partial charge on any atom is -0.491 e. The number of hydrogen-bond acceptors (Lipinski definition) is 4. The van der Waals surface area contributed by atoms with Crippen molar-refractivity contribution in [1.29, 1.82) is 0 Å². The highest BCUT2D eigenvalue weighted by Crippen LogP contribution is 2.20. The maximum Gasteiger partial charge on any atom is 0.241 e. The van der Waals surface area contributed by atoms with Crippen molar-refractivity contribution in [1.82, 2.24) is 0 Å². The summed E-state index contributed by atoms with van der Waals surface area (Å²) < 4.78 is 10.9. The lowest BCUT2D eigenvalue weighted by molar-refractivity contribution is -0.119. The zero-order chi connectivity index (χ0) is 15.2. The van der Waals surface area contributed by atoms with Crippen molar-refractivity contribution in [3.63, 3.8) is 0 Å². The van der Waals surface area contributed by atoms with Gasteiger partial charge in [0, 0.05) is 18.9 Å². The number of ether oxygens (including phenoxy) is 2. The molecule has 21 heavy (non-hydrogen) atoms. The van der Waals surface area contributed by atoms with Gasteiger partial charge in [-0.05, 0) is 56.9 Å². The molecule has 0 aromatic heterocycles. The molecule has 1 heterocycles. The van der Waals surface area contributed by atoms with Gasteiger partial charge in [-0.25, -0.2) is 0 Å². The molecule has 1 saturated heterocycles. The van der Waals surface area contributed by atoms with E-state index < -0.39 is 6.04 Å². The molecule has 1 atom stereocenters. The maximum absolute atomic E-state index is 12.2. The molecule has 3 N–H and O–H groups in total. The molecule has 5 heteroatoms. The number of amides is 1. The second kappa shape index (κ2) is 7.43. The predicted molar refractivity (Wildman–Crippen MR) is 82.4 cm³/mol. The smallest absolute Gasteiger partial charge is 0.241 e. The molecule has 1 unspecified atom stereocenters. The maximum atomic E-state index is 12.2. The molecular weight excluding hydrogens is 268 g/mol. The van der Waals surface area contributed by atoms with E-state index in [-0.39, 0.29) is 17.9 Å². The van der Waals surface area contributed by atoms with Gasteiger partial charge in [-0.2, -0.15) is 0 Å². The molecule has 0 aliphatic carbocycles. The van der Waals surface area contributed by atoms with Gasteiger partial charge in [-0.1, -0.05) is 0 Å². The summed E-state index contributed by atoms with van der Waals surface area (Å²) in [6, 6.07) is 6.85. The van der Waals surface area contributed by atoms with E-state index in [0.717, 1.165) is 24.3 Å². The first-order valence-electron chi connectivity index (χ1n) is 7.47. The first-order chi connectivity index (χ1) is 10.1. The van der Waals surface area contributed by atoms with Crippen LogP contribution in [0.5, 0.6) is 5.75 Å². The number of nitrogens with two attached hydrogens (primary N) is 1.